The first-order valence-electron chi connectivity index (χ1n) is 6.05. The summed E-state index contributed by atoms with van der Waals surface area (Å²) in [5.74, 6) is -0.457. The van der Waals surface area contributed by atoms with E-state index in [9.17, 15) is 18.0 Å². The van der Waals surface area contributed by atoms with Gasteiger partial charge in [0.2, 0.25) is 0 Å². The first kappa shape index (κ1) is 15.4. The molecule has 0 amide bonds. The van der Waals surface area contributed by atoms with Gasteiger partial charge in [-0.25, -0.2) is 0 Å². The predicted octanol–water partition coefficient (Wildman–Crippen LogP) is 2.69. The zero-order valence-corrected chi connectivity index (χ0v) is 11.6. The van der Waals surface area contributed by atoms with Crippen LogP contribution in [-0.2, 0) is 14.3 Å². The van der Waals surface area contributed by atoms with Crippen molar-refractivity contribution in [1.82, 2.24) is 0 Å². The van der Waals surface area contributed by atoms with Crippen LogP contribution in [0, 0.1) is 0 Å². The van der Waals surface area contributed by atoms with E-state index in [1.54, 1.807) is 12.2 Å². The first-order chi connectivity index (χ1) is 9.31. The fourth-order valence-corrected chi connectivity index (χ4v) is 3.19. The summed E-state index contributed by atoms with van der Waals surface area (Å²) < 4.78 is 47.2. The summed E-state index contributed by atoms with van der Waals surface area (Å²) in [6, 6.07) is 0. The van der Waals surface area contributed by atoms with E-state index >= 15 is 0 Å². The molecular formula is C12H14F3NO3S. The average Bonchev–Trinajstić information content (AvgIpc) is 2.72. The topological polar surface area (TPSA) is 47.9 Å². The van der Waals surface area contributed by atoms with Gasteiger partial charge in [-0.3, -0.25) is 9.79 Å². The molecule has 0 aliphatic carbocycles. The van der Waals surface area contributed by atoms with Gasteiger partial charge in [0.25, 0.3) is 0 Å². The maximum atomic E-state index is 12.2. The summed E-state index contributed by atoms with van der Waals surface area (Å²) >= 11 is 1.17. The van der Waals surface area contributed by atoms with E-state index in [-0.39, 0.29) is 13.0 Å². The summed E-state index contributed by atoms with van der Waals surface area (Å²) in [5, 5.41) is 0.381. The predicted molar refractivity (Wildman–Crippen MR) is 68.6 cm³/mol. The Labute approximate surface area is 118 Å². The highest BCUT2D eigenvalue weighted by molar-refractivity contribution is 8.14. The van der Waals surface area contributed by atoms with Crippen molar-refractivity contribution in [3.63, 3.8) is 0 Å². The first-order valence-corrected chi connectivity index (χ1v) is 6.93. The highest BCUT2D eigenvalue weighted by Crippen LogP contribution is 2.42. The molecule has 2 heterocycles. The van der Waals surface area contributed by atoms with Crippen LogP contribution in [0.2, 0.25) is 0 Å². The quantitative estimate of drug-likeness (QED) is 0.592. The van der Waals surface area contributed by atoms with Crippen LogP contribution in [0.5, 0.6) is 0 Å². The molecule has 20 heavy (non-hydrogen) atoms. The maximum absolute atomic E-state index is 12.2. The molecule has 0 fully saturated rings. The zero-order chi connectivity index (χ0) is 14.8. The Hall–Kier alpha value is -1.02. The van der Waals surface area contributed by atoms with Crippen molar-refractivity contribution in [3.05, 3.63) is 12.2 Å². The van der Waals surface area contributed by atoms with Crippen LogP contribution in [0.1, 0.15) is 19.8 Å². The van der Waals surface area contributed by atoms with Gasteiger partial charge in [-0.2, -0.15) is 13.2 Å². The van der Waals surface area contributed by atoms with E-state index in [0.29, 0.717) is 11.7 Å². The third-order valence-electron chi connectivity index (χ3n) is 2.86. The van der Waals surface area contributed by atoms with E-state index in [1.165, 1.54) is 18.7 Å². The minimum absolute atomic E-state index is 0.0218. The third kappa shape index (κ3) is 3.76. The molecule has 0 bridgehead atoms. The Morgan fingerprint density at radius 1 is 1.65 bits per heavy atom. The minimum Gasteiger partial charge on any atom is -0.463 e. The van der Waals surface area contributed by atoms with Crippen LogP contribution in [0.4, 0.5) is 13.2 Å². The van der Waals surface area contributed by atoms with Crippen LogP contribution in [-0.4, -0.2) is 41.4 Å². The van der Waals surface area contributed by atoms with Gasteiger partial charge < -0.3 is 9.47 Å². The average molecular weight is 309 g/mol. The highest BCUT2D eigenvalue weighted by atomic mass is 32.2. The number of rotatable bonds is 4. The molecule has 0 saturated heterocycles. The number of alkyl halides is 3. The molecule has 0 aromatic carbocycles. The van der Waals surface area contributed by atoms with Crippen molar-refractivity contribution in [2.75, 3.05) is 13.2 Å². The fraction of sp³-hybridized carbons (Fsp3) is 0.667. The number of nitrogens with zero attached hydrogens (tertiary/aromatic N) is 1. The summed E-state index contributed by atoms with van der Waals surface area (Å²) in [5.41, 5.74) is -1.33. The van der Waals surface area contributed by atoms with Gasteiger partial charge in [0.05, 0.1) is 11.7 Å². The van der Waals surface area contributed by atoms with E-state index in [4.69, 9.17) is 9.47 Å². The lowest BCUT2D eigenvalue weighted by Crippen LogP contribution is -2.43. The molecule has 0 saturated carbocycles. The Balaban J connectivity index is 2.08. The summed E-state index contributed by atoms with van der Waals surface area (Å²) in [6.45, 7) is 1.63. The van der Waals surface area contributed by atoms with E-state index in [0.717, 1.165) is 0 Å². The molecule has 0 spiro atoms. The molecule has 2 atom stereocenters. The lowest BCUT2D eigenvalue weighted by Gasteiger charge is -2.31. The third-order valence-corrected chi connectivity index (χ3v) is 4.19. The number of ether oxygens (including phenoxy) is 2. The molecule has 0 aromatic heterocycles. The molecule has 8 heteroatoms. The van der Waals surface area contributed by atoms with Crippen molar-refractivity contribution >= 4 is 22.8 Å². The summed E-state index contributed by atoms with van der Waals surface area (Å²) in [7, 11) is 0. The number of hydrogen-bond donors (Lipinski definition) is 0. The van der Waals surface area contributed by atoms with Gasteiger partial charge in [0, 0.05) is 19.8 Å². The number of halogens is 3. The van der Waals surface area contributed by atoms with Crippen LogP contribution in [0.15, 0.2) is 17.1 Å². The SMILES string of the molecule is CC(=O)OCC12C=CCOC1SC(CCC(F)(F)F)=N2. The molecule has 2 aliphatic rings. The second-order valence-corrected chi connectivity index (χ2v) is 5.71. The summed E-state index contributed by atoms with van der Waals surface area (Å²) in [4.78, 5) is 15.2. The van der Waals surface area contributed by atoms with Gasteiger partial charge in [0.15, 0.2) is 0 Å². The molecule has 2 unspecified atom stereocenters. The number of carbonyl (C=O) groups is 1. The minimum atomic E-state index is -4.21. The molecule has 0 aromatic rings. The van der Waals surface area contributed by atoms with E-state index in [1.807, 2.05) is 0 Å². The number of fused-ring (bicyclic) bond motifs is 1. The Morgan fingerprint density at radius 3 is 3.05 bits per heavy atom. The zero-order valence-electron chi connectivity index (χ0n) is 10.8. The van der Waals surface area contributed by atoms with Crippen molar-refractivity contribution in [2.45, 2.75) is 36.9 Å². The number of carbonyl (C=O) groups excluding carboxylic acids is 1. The van der Waals surface area contributed by atoms with Crippen LogP contribution in [0.3, 0.4) is 0 Å². The molecule has 2 aliphatic heterocycles. The second-order valence-electron chi connectivity index (χ2n) is 4.58. The Bertz CT molecular complexity index is 450. The smallest absolute Gasteiger partial charge is 0.389 e. The molecule has 4 nitrogen and oxygen atoms in total. The van der Waals surface area contributed by atoms with Crippen molar-refractivity contribution < 1.29 is 27.4 Å². The van der Waals surface area contributed by atoms with Gasteiger partial charge in [-0.05, 0) is 0 Å². The van der Waals surface area contributed by atoms with Crippen LogP contribution < -0.4 is 0 Å². The second kappa shape index (κ2) is 5.77. The van der Waals surface area contributed by atoms with E-state index < -0.39 is 29.5 Å². The molecule has 112 valence electrons. The Morgan fingerprint density at radius 2 is 2.40 bits per heavy atom. The standard InChI is InChI=1S/C12H14F3NO3S/c1-8(17)19-7-11-4-2-6-18-10(11)20-9(16-11)3-5-12(13,14)15/h2,4,10H,3,5-7H2,1H3. The monoisotopic (exact) mass is 309 g/mol. The molecular weight excluding hydrogens is 295 g/mol. The van der Waals surface area contributed by atoms with Gasteiger partial charge >= 0.3 is 12.1 Å². The van der Waals surface area contributed by atoms with Crippen molar-refractivity contribution in [3.8, 4) is 0 Å². The van der Waals surface area contributed by atoms with Crippen LogP contribution in [0.25, 0.3) is 0 Å². The fourth-order valence-electron chi connectivity index (χ4n) is 1.96. The van der Waals surface area contributed by atoms with Gasteiger partial charge in [-0.15, -0.1) is 0 Å². The number of thioether (sulfide) groups is 1. The largest absolute Gasteiger partial charge is 0.463 e. The molecule has 0 N–H and O–H groups in total. The van der Waals surface area contributed by atoms with Gasteiger partial charge in [0.1, 0.15) is 17.6 Å². The highest BCUT2D eigenvalue weighted by Gasteiger charge is 2.46. The number of aliphatic imine (C=N–C) groups is 1. The lowest BCUT2D eigenvalue weighted by molar-refractivity contribution is -0.143. The summed E-state index contributed by atoms with van der Waals surface area (Å²) in [6.07, 6.45) is -1.83. The normalized spacial score (nSPS) is 29.0. The lowest BCUT2D eigenvalue weighted by atomic mass is 10.0. The van der Waals surface area contributed by atoms with Gasteiger partial charge in [-0.1, -0.05) is 23.9 Å². The molecule has 2 rings (SSSR count). The van der Waals surface area contributed by atoms with Crippen molar-refractivity contribution in [1.29, 1.82) is 0 Å². The molecule has 0 radical (unpaired) electrons. The maximum Gasteiger partial charge on any atom is 0.389 e. The van der Waals surface area contributed by atoms with E-state index in [2.05, 4.69) is 4.99 Å². The number of hydrogen-bond acceptors (Lipinski definition) is 5. The van der Waals surface area contributed by atoms with Crippen LogP contribution >= 0.6 is 11.8 Å². The number of esters is 1. The Kier molecular flexibility index (Phi) is 4.43. The van der Waals surface area contributed by atoms with Crippen molar-refractivity contribution in [2.24, 2.45) is 4.99 Å².